The first-order valence-corrected chi connectivity index (χ1v) is 6.25. The highest BCUT2D eigenvalue weighted by atomic mass is 16.2. The van der Waals surface area contributed by atoms with Crippen molar-refractivity contribution in [2.75, 3.05) is 18.8 Å². The van der Waals surface area contributed by atoms with Crippen LogP contribution >= 0.6 is 0 Å². The third kappa shape index (κ3) is 1.88. The molecule has 0 spiro atoms. The molecule has 17 heavy (non-hydrogen) atoms. The van der Waals surface area contributed by atoms with Crippen LogP contribution in [0, 0.1) is 11.8 Å². The normalized spacial score (nSPS) is 27.2. The fraction of sp³-hybridized carbons (Fsp3) is 0.538. The molecule has 1 aliphatic carbocycles. The van der Waals surface area contributed by atoms with Crippen LogP contribution in [0.25, 0.3) is 0 Å². The summed E-state index contributed by atoms with van der Waals surface area (Å²) in [6.07, 6.45) is 5.44. The van der Waals surface area contributed by atoms with Gasteiger partial charge in [-0.25, -0.2) is 4.98 Å². The van der Waals surface area contributed by atoms with E-state index in [4.69, 9.17) is 5.73 Å². The quantitative estimate of drug-likeness (QED) is 0.797. The first-order chi connectivity index (χ1) is 8.24. The minimum absolute atomic E-state index is 0.0550. The summed E-state index contributed by atoms with van der Waals surface area (Å²) in [6, 6.07) is 3.45. The van der Waals surface area contributed by atoms with Crippen LogP contribution in [-0.2, 0) is 0 Å². The third-order valence-electron chi connectivity index (χ3n) is 4.02. The number of nitrogens with zero attached hydrogens (tertiary/aromatic N) is 2. The fourth-order valence-electron chi connectivity index (χ4n) is 3.09. The molecule has 1 amide bonds. The monoisotopic (exact) mass is 231 g/mol. The maximum Gasteiger partial charge on any atom is 0.272 e. The van der Waals surface area contributed by atoms with Gasteiger partial charge in [0.25, 0.3) is 5.91 Å². The van der Waals surface area contributed by atoms with Gasteiger partial charge in [-0.3, -0.25) is 4.79 Å². The molecule has 0 radical (unpaired) electrons. The van der Waals surface area contributed by atoms with Gasteiger partial charge in [0.05, 0.1) is 11.9 Å². The molecule has 0 aromatic carbocycles. The number of hydrogen-bond acceptors (Lipinski definition) is 3. The summed E-state index contributed by atoms with van der Waals surface area (Å²) < 4.78 is 0. The average Bonchev–Trinajstić information content (AvgIpc) is 2.89. The third-order valence-corrected chi connectivity index (χ3v) is 4.02. The van der Waals surface area contributed by atoms with Crippen LogP contribution in [0.1, 0.15) is 29.8 Å². The lowest BCUT2D eigenvalue weighted by molar-refractivity contribution is 0.0775. The molecule has 3 rings (SSSR count). The maximum absolute atomic E-state index is 12.2. The molecule has 2 heterocycles. The van der Waals surface area contributed by atoms with Crippen molar-refractivity contribution in [3.05, 3.63) is 24.0 Å². The summed E-state index contributed by atoms with van der Waals surface area (Å²) in [4.78, 5) is 18.3. The number of carbonyl (C=O) groups is 1. The number of fused-ring (bicyclic) bond motifs is 1. The Morgan fingerprint density at radius 2 is 2.00 bits per heavy atom. The van der Waals surface area contributed by atoms with Crippen molar-refractivity contribution in [2.45, 2.75) is 19.3 Å². The van der Waals surface area contributed by atoms with E-state index in [1.165, 1.54) is 19.3 Å². The van der Waals surface area contributed by atoms with Gasteiger partial charge in [-0.1, -0.05) is 6.42 Å². The number of anilines is 1. The molecule has 2 unspecified atom stereocenters. The van der Waals surface area contributed by atoms with Crippen molar-refractivity contribution in [2.24, 2.45) is 11.8 Å². The van der Waals surface area contributed by atoms with Crippen LogP contribution in [0.2, 0.25) is 0 Å². The van der Waals surface area contributed by atoms with Crippen molar-refractivity contribution >= 4 is 11.6 Å². The second-order valence-corrected chi connectivity index (χ2v) is 5.14. The summed E-state index contributed by atoms with van der Waals surface area (Å²) in [5, 5.41) is 0. The Morgan fingerprint density at radius 3 is 2.59 bits per heavy atom. The standard InChI is InChI=1S/C13H17N3O/c14-11-4-5-12(15-6-11)13(17)16-7-9-2-1-3-10(9)8-16/h4-6,9-10H,1-3,7-8,14H2. The molecule has 2 aliphatic rings. The van der Waals surface area contributed by atoms with Crippen molar-refractivity contribution in [1.82, 2.24) is 9.88 Å². The summed E-state index contributed by atoms with van der Waals surface area (Å²) in [5.41, 5.74) is 6.68. The van der Waals surface area contributed by atoms with Gasteiger partial charge in [0.15, 0.2) is 0 Å². The van der Waals surface area contributed by atoms with E-state index in [2.05, 4.69) is 4.98 Å². The number of rotatable bonds is 1. The zero-order chi connectivity index (χ0) is 11.8. The largest absolute Gasteiger partial charge is 0.397 e. The molecular weight excluding hydrogens is 214 g/mol. The molecule has 1 saturated heterocycles. The van der Waals surface area contributed by atoms with Crippen LogP contribution in [0.4, 0.5) is 5.69 Å². The Hall–Kier alpha value is -1.58. The number of likely N-dealkylation sites (tertiary alicyclic amines) is 1. The van der Waals surface area contributed by atoms with Crippen molar-refractivity contribution in [3.63, 3.8) is 0 Å². The van der Waals surface area contributed by atoms with Crippen LogP contribution in [0.15, 0.2) is 18.3 Å². The Bertz CT molecular complexity index is 417. The Labute approximate surface area is 101 Å². The number of amides is 1. The van der Waals surface area contributed by atoms with Gasteiger partial charge >= 0.3 is 0 Å². The SMILES string of the molecule is Nc1ccc(C(=O)N2CC3CCCC3C2)nc1. The van der Waals surface area contributed by atoms with Gasteiger partial charge in [0, 0.05) is 13.1 Å². The van der Waals surface area contributed by atoms with E-state index in [1.807, 2.05) is 4.90 Å². The van der Waals surface area contributed by atoms with Crippen molar-refractivity contribution in [3.8, 4) is 0 Å². The van der Waals surface area contributed by atoms with Gasteiger partial charge in [-0.2, -0.15) is 0 Å². The Kier molecular flexibility index (Phi) is 2.50. The summed E-state index contributed by atoms with van der Waals surface area (Å²) in [5.74, 6) is 1.51. The molecule has 1 saturated carbocycles. The van der Waals surface area contributed by atoms with Gasteiger partial charge in [-0.05, 0) is 36.8 Å². The lowest BCUT2D eigenvalue weighted by Crippen LogP contribution is -2.30. The Morgan fingerprint density at radius 1 is 1.29 bits per heavy atom. The lowest BCUT2D eigenvalue weighted by Gasteiger charge is -2.16. The fourth-order valence-corrected chi connectivity index (χ4v) is 3.09. The lowest BCUT2D eigenvalue weighted by atomic mass is 10.0. The van der Waals surface area contributed by atoms with Crippen LogP contribution in [-0.4, -0.2) is 28.9 Å². The first kappa shape index (κ1) is 10.6. The van der Waals surface area contributed by atoms with E-state index in [1.54, 1.807) is 18.3 Å². The number of nitrogens with two attached hydrogens (primary N) is 1. The minimum atomic E-state index is 0.0550. The van der Waals surface area contributed by atoms with E-state index in [0.717, 1.165) is 24.9 Å². The average molecular weight is 231 g/mol. The molecular formula is C13H17N3O. The van der Waals surface area contributed by atoms with E-state index in [9.17, 15) is 4.79 Å². The van der Waals surface area contributed by atoms with Crippen LogP contribution < -0.4 is 5.73 Å². The number of hydrogen-bond donors (Lipinski definition) is 1. The first-order valence-electron chi connectivity index (χ1n) is 6.25. The smallest absolute Gasteiger partial charge is 0.272 e. The number of nitrogen functional groups attached to an aromatic ring is 1. The van der Waals surface area contributed by atoms with E-state index in [0.29, 0.717) is 11.4 Å². The van der Waals surface area contributed by atoms with Crippen LogP contribution in [0.3, 0.4) is 0 Å². The van der Waals surface area contributed by atoms with Gasteiger partial charge in [0.2, 0.25) is 0 Å². The zero-order valence-electron chi connectivity index (χ0n) is 9.80. The summed E-state index contributed by atoms with van der Waals surface area (Å²) in [6.45, 7) is 1.82. The molecule has 2 fully saturated rings. The van der Waals surface area contributed by atoms with Gasteiger partial charge in [-0.15, -0.1) is 0 Å². The molecule has 2 N–H and O–H groups in total. The maximum atomic E-state index is 12.2. The highest BCUT2D eigenvalue weighted by Gasteiger charge is 2.38. The predicted octanol–water partition coefficient (Wildman–Crippen LogP) is 1.54. The molecule has 2 atom stereocenters. The molecule has 90 valence electrons. The molecule has 1 aromatic rings. The number of carbonyl (C=O) groups excluding carboxylic acids is 1. The van der Waals surface area contributed by atoms with E-state index in [-0.39, 0.29) is 5.91 Å². The summed E-state index contributed by atoms with van der Waals surface area (Å²) >= 11 is 0. The number of aromatic nitrogens is 1. The van der Waals surface area contributed by atoms with E-state index >= 15 is 0 Å². The molecule has 1 aliphatic heterocycles. The molecule has 4 nitrogen and oxygen atoms in total. The second-order valence-electron chi connectivity index (χ2n) is 5.14. The van der Waals surface area contributed by atoms with Crippen molar-refractivity contribution < 1.29 is 4.79 Å². The van der Waals surface area contributed by atoms with Crippen molar-refractivity contribution in [1.29, 1.82) is 0 Å². The molecule has 1 aromatic heterocycles. The minimum Gasteiger partial charge on any atom is -0.397 e. The molecule has 0 bridgehead atoms. The molecule has 4 heteroatoms. The Balaban J connectivity index is 1.73. The number of pyridine rings is 1. The zero-order valence-corrected chi connectivity index (χ0v) is 9.80. The summed E-state index contributed by atoms with van der Waals surface area (Å²) in [7, 11) is 0. The van der Waals surface area contributed by atoms with Gasteiger partial charge < -0.3 is 10.6 Å². The topological polar surface area (TPSA) is 59.2 Å². The highest BCUT2D eigenvalue weighted by Crippen LogP contribution is 2.37. The van der Waals surface area contributed by atoms with Crippen LogP contribution in [0.5, 0.6) is 0 Å². The van der Waals surface area contributed by atoms with E-state index < -0.39 is 0 Å². The highest BCUT2D eigenvalue weighted by molar-refractivity contribution is 5.92. The predicted molar refractivity (Wildman–Crippen MR) is 65.4 cm³/mol. The second kappa shape index (κ2) is 4.02. The van der Waals surface area contributed by atoms with Gasteiger partial charge in [0.1, 0.15) is 5.69 Å².